The molecule has 0 fully saturated rings. The summed E-state index contributed by atoms with van der Waals surface area (Å²) in [5, 5.41) is 0. The summed E-state index contributed by atoms with van der Waals surface area (Å²) in [6.07, 6.45) is 1.91. The van der Waals surface area contributed by atoms with Gasteiger partial charge in [0.2, 0.25) is 0 Å². The number of hydrogen-bond donors (Lipinski definition) is 0. The van der Waals surface area contributed by atoms with Gasteiger partial charge in [0.15, 0.2) is 5.78 Å². The minimum atomic E-state index is 0.0398. The van der Waals surface area contributed by atoms with Crippen molar-refractivity contribution in [3.05, 3.63) is 29.3 Å². The van der Waals surface area contributed by atoms with Gasteiger partial charge < -0.3 is 4.74 Å². The standard InChI is InChI=1S/C17H26O2/c1-6-14-11-15(19-10-9-12(2)3)7-8-16(14)17(18)13(4)5/h7-8,11-13H,6,9-10H2,1-5H3. The molecule has 0 aliphatic carbocycles. The van der Waals surface area contributed by atoms with E-state index in [4.69, 9.17) is 4.74 Å². The molecule has 0 aromatic heterocycles. The maximum Gasteiger partial charge on any atom is 0.165 e. The van der Waals surface area contributed by atoms with Gasteiger partial charge in [-0.2, -0.15) is 0 Å². The van der Waals surface area contributed by atoms with Gasteiger partial charge in [-0.1, -0.05) is 34.6 Å². The molecule has 0 aliphatic rings. The second kappa shape index (κ2) is 7.32. The maximum atomic E-state index is 12.1. The summed E-state index contributed by atoms with van der Waals surface area (Å²) < 4.78 is 5.74. The number of carbonyl (C=O) groups is 1. The van der Waals surface area contributed by atoms with Crippen molar-refractivity contribution in [1.82, 2.24) is 0 Å². The molecule has 0 atom stereocenters. The summed E-state index contributed by atoms with van der Waals surface area (Å²) in [6, 6.07) is 5.83. The summed E-state index contributed by atoms with van der Waals surface area (Å²) >= 11 is 0. The zero-order valence-electron chi connectivity index (χ0n) is 12.8. The van der Waals surface area contributed by atoms with Gasteiger partial charge in [0.1, 0.15) is 5.75 Å². The molecular weight excluding hydrogens is 236 g/mol. The second-order valence-electron chi connectivity index (χ2n) is 5.72. The Hall–Kier alpha value is -1.31. The number of Topliss-reactive ketones (excluding diaryl/α,β-unsaturated/α-hetero) is 1. The third kappa shape index (κ3) is 4.70. The minimum absolute atomic E-state index is 0.0398. The van der Waals surface area contributed by atoms with E-state index >= 15 is 0 Å². The van der Waals surface area contributed by atoms with Crippen molar-refractivity contribution in [3.8, 4) is 5.75 Å². The first-order chi connectivity index (χ1) is 8.95. The van der Waals surface area contributed by atoms with Gasteiger partial charge in [0, 0.05) is 11.5 Å². The van der Waals surface area contributed by atoms with Crippen molar-refractivity contribution < 1.29 is 9.53 Å². The first-order valence-corrected chi connectivity index (χ1v) is 7.25. The summed E-state index contributed by atoms with van der Waals surface area (Å²) in [4.78, 5) is 12.1. The van der Waals surface area contributed by atoms with Crippen LogP contribution in [-0.4, -0.2) is 12.4 Å². The zero-order valence-corrected chi connectivity index (χ0v) is 12.8. The molecule has 0 unspecified atom stereocenters. The van der Waals surface area contributed by atoms with Crippen LogP contribution in [-0.2, 0) is 6.42 Å². The third-order valence-electron chi connectivity index (χ3n) is 3.21. The smallest absolute Gasteiger partial charge is 0.165 e. The Morgan fingerprint density at radius 2 is 1.89 bits per heavy atom. The lowest BCUT2D eigenvalue weighted by Gasteiger charge is -2.13. The van der Waals surface area contributed by atoms with Crippen molar-refractivity contribution in [3.63, 3.8) is 0 Å². The highest BCUT2D eigenvalue weighted by atomic mass is 16.5. The van der Waals surface area contributed by atoms with E-state index in [0.717, 1.165) is 36.3 Å². The van der Waals surface area contributed by atoms with Crippen LogP contribution in [0.15, 0.2) is 18.2 Å². The summed E-state index contributed by atoms with van der Waals surface area (Å²) in [7, 11) is 0. The fraction of sp³-hybridized carbons (Fsp3) is 0.588. The summed E-state index contributed by atoms with van der Waals surface area (Å²) in [5.41, 5.74) is 1.93. The molecule has 2 heteroatoms. The Bertz CT molecular complexity index is 419. The predicted octanol–water partition coefficient (Wildman–Crippen LogP) is 4.51. The quantitative estimate of drug-likeness (QED) is 0.676. The van der Waals surface area contributed by atoms with E-state index in [2.05, 4.69) is 20.8 Å². The SMILES string of the molecule is CCc1cc(OCCC(C)C)ccc1C(=O)C(C)C. The first kappa shape index (κ1) is 15.7. The van der Waals surface area contributed by atoms with Crippen LogP contribution in [0.4, 0.5) is 0 Å². The highest BCUT2D eigenvalue weighted by molar-refractivity contribution is 5.98. The molecule has 1 rings (SSSR count). The lowest BCUT2D eigenvalue weighted by atomic mass is 9.95. The molecule has 0 bridgehead atoms. The average Bonchev–Trinajstić information content (AvgIpc) is 2.37. The van der Waals surface area contributed by atoms with Gasteiger partial charge in [-0.3, -0.25) is 4.79 Å². The second-order valence-corrected chi connectivity index (χ2v) is 5.72. The van der Waals surface area contributed by atoms with Crippen molar-refractivity contribution in [1.29, 1.82) is 0 Å². The maximum absolute atomic E-state index is 12.1. The number of ether oxygens (including phenoxy) is 1. The number of rotatable bonds is 7. The van der Waals surface area contributed by atoms with Gasteiger partial charge in [-0.05, 0) is 42.5 Å². The zero-order chi connectivity index (χ0) is 14.4. The first-order valence-electron chi connectivity index (χ1n) is 7.25. The largest absolute Gasteiger partial charge is 0.494 e. The molecule has 0 heterocycles. The van der Waals surface area contributed by atoms with Crippen LogP contribution >= 0.6 is 0 Å². The fourth-order valence-electron chi connectivity index (χ4n) is 1.92. The fourth-order valence-corrected chi connectivity index (χ4v) is 1.92. The van der Waals surface area contributed by atoms with E-state index in [1.165, 1.54) is 0 Å². The van der Waals surface area contributed by atoms with Gasteiger partial charge in [0.05, 0.1) is 6.61 Å². The number of carbonyl (C=O) groups excluding carboxylic acids is 1. The summed E-state index contributed by atoms with van der Waals surface area (Å²) in [5.74, 6) is 1.77. The highest BCUT2D eigenvalue weighted by Gasteiger charge is 2.14. The minimum Gasteiger partial charge on any atom is -0.494 e. The summed E-state index contributed by atoms with van der Waals surface area (Å²) in [6.45, 7) is 11.1. The van der Waals surface area contributed by atoms with E-state index in [1.54, 1.807) is 0 Å². The molecule has 0 saturated heterocycles. The lowest BCUT2D eigenvalue weighted by Crippen LogP contribution is -2.10. The molecule has 1 aromatic rings. The van der Waals surface area contributed by atoms with E-state index in [-0.39, 0.29) is 11.7 Å². The topological polar surface area (TPSA) is 26.3 Å². The lowest BCUT2D eigenvalue weighted by molar-refractivity contribution is 0.0938. The van der Waals surface area contributed by atoms with Gasteiger partial charge in [-0.25, -0.2) is 0 Å². The Balaban J connectivity index is 2.81. The number of benzene rings is 1. The van der Waals surface area contributed by atoms with Crippen LogP contribution in [0.5, 0.6) is 5.75 Å². The van der Waals surface area contributed by atoms with Crippen molar-refractivity contribution in [2.75, 3.05) is 6.61 Å². The highest BCUT2D eigenvalue weighted by Crippen LogP contribution is 2.21. The van der Waals surface area contributed by atoms with Gasteiger partial charge in [0.25, 0.3) is 0 Å². The van der Waals surface area contributed by atoms with Crippen LogP contribution in [0, 0.1) is 11.8 Å². The molecule has 0 amide bonds. The van der Waals surface area contributed by atoms with E-state index in [1.807, 2.05) is 32.0 Å². The van der Waals surface area contributed by atoms with Gasteiger partial charge in [-0.15, -0.1) is 0 Å². The molecule has 0 spiro atoms. The van der Waals surface area contributed by atoms with Crippen molar-refractivity contribution in [2.45, 2.75) is 47.5 Å². The Morgan fingerprint density at radius 1 is 1.21 bits per heavy atom. The van der Waals surface area contributed by atoms with E-state index in [9.17, 15) is 4.79 Å². The Labute approximate surface area is 117 Å². The predicted molar refractivity (Wildman–Crippen MR) is 79.9 cm³/mol. The average molecular weight is 262 g/mol. The monoisotopic (exact) mass is 262 g/mol. The van der Waals surface area contributed by atoms with Crippen LogP contribution in [0.2, 0.25) is 0 Å². The Kier molecular flexibility index (Phi) is 6.07. The molecule has 0 radical (unpaired) electrons. The Morgan fingerprint density at radius 3 is 2.42 bits per heavy atom. The normalized spacial score (nSPS) is 11.1. The van der Waals surface area contributed by atoms with Crippen LogP contribution < -0.4 is 4.74 Å². The third-order valence-corrected chi connectivity index (χ3v) is 3.21. The molecule has 2 nitrogen and oxygen atoms in total. The van der Waals surface area contributed by atoms with Gasteiger partial charge >= 0.3 is 0 Å². The molecule has 106 valence electrons. The number of aryl methyl sites for hydroxylation is 1. The van der Waals surface area contributed by atoms with E-state index in [0.29, 0.717) is 5.92 Å². The molecule has 19 heavy (non-hydrogen) atoms. The number of ketones is 1. The molecular formula is C17H26O2. The van der Waals surface area contributed by atoms with E-state index < -0.39 is 0 Å². The number of hydrogen-bond acceptors (Lipinski definition) is 2. The van der Waals surface area contributed by atoms with Crippen molar-refractivity contribution >= 4 is 5.78 Å². The van der Waals surface area contributed by atoms with Crippen LogP contribution in [0.1, 0.15) is 57.0 Å². The molecule has 0 N–H and O–H groups in total. The molecule has 0 saturated carbocycles. The molecule has 0 aliphatic heterocycles. The van der Waals surface area contributed by atoms with Crippen molar-refractivity contribution in [2.24, 2.45) is 11.8 Å². The van der Waals surface area contributed by atoms with Crippen LogP contribution in [0.25, 0.3) is 0 Å². The van der Waals surface area contributed by atoms with Crippen LogP contribution in [0.3, 0.4) is 0 Å². The molecule has 1 aromatic carbocycles.